The molecule has 3 aromatic carbocycles. The number of ether oxygens (including phenoxy) is 2. The maximum atomic E-state index is 12.9. The number of benzene rings is 3. The molecule has 0 saturated carbocycles. The zero-order chi connectivity index (χ0) is 23.5. The average molecular weight is 434 g/mol. The molecule has 0 aliphatic rings. The van der Waals surface area contributed by atoms with Gasteiger partial charge in [-0.15, -0.1) is 0 Å². The van der Waals surface area contributed by atoms with Crippen LogP contribution in [-0.2, 0) is 19.1 Å². The fourth-order valence-corrected chi connectivity index (χ4v) is 3.46. The van der Waals surface area contributed by atoms with E-state index in [1.807, 2.05) is 48.5 Å². The molecule has 3 rings (SSSR count). The van der Waals surface area contributed by atoms with Crippen LogP contribution in [0.25, 0.3) is 21.5 Å². The van der Waals surface area contributed by atoms with Crippen LogP contribution >= 0.6 is 0 Å². The molecule has 0 amide bonds. The summed E-state index contributed by atoms with van der Waals surface area (Å²) in [4.78, 5) is 29.9. The van der Waals surface area contributed by atoms with Crippen molar-refractivity contribution in [2.75, 3.05) is 0 Å². The first kappa shape index (κ1) is 23.5. The van der Waals surface area contributed by atoms with E-state index < -0.39 is 29.2 Å². The number of carbonyl (C=O) groups excluding carboxylic acids is 2. The lowest BCUT2D eigenvalue weighted by Crippen LogP contribution is -2.34. The summed E-state index contributed by atoms with van der Waals surface area (Å²) in [6.07, 6.45) is 1.50. The summed E-state index contributed by atoms with van der Waals surface area (Å²) in [5.41, 5.74) is -0.438. The lowest BCUT2D eigenvalue weighted by atomic mass is 9.97. The maximum Gasteiger partial charge on any atom is 0.331 e. The van der Waals surface area contributed by atoms with Crippen LogP contribution in [0.2, 0.25) is 0 Å². The van der Waals surface area contributed by atoms with E-state index in [0.29, 0.717) is 0 Å². The molecule has 3 aromatic rings. The first-order valence-electron chi connectivity index (χ1n) is 10.8. The van der Waals surface area contributed by atoms with Gasteiger partial charge in [-0.1, -0.05) is 48.5 Å². The second kappa shape index (κ2) is 9.11. The van der Waals surface area contributed by atoms with Crippen LogP contribution in [0.3, 0.4) is 0 Å². The summed E-state index contributed by atoms with van der Waals surface area (Å²) in [7, 11) is 0. The van der Waals surface area contributed by atoms with Gasteiger partial charge in [-0.25, -0.2) is 4.79 Å². The van der Waals surface area contributed by atoms with Crippen LogP contribution in [-0.4, -0.2) is 35.4 Å². The van der Waals surface area contributed by atoms with Gasteiger partial charge in [-0.3, -0.25) is 9.79 Å². The number of hydrogen-bond acceptors (Lipinski definition) is 5. The number of nitrogens with zero attached hydrogens (tertiary/aromatic N) is 1. The predicted octanol–water partition coefficient (Wildman–Crippen LogP) is 5.85. The molecule has 0 aromatic heterocycles. The molecule has 0 aliphatic carbocycles. The van der Waals surface area contributed by atoms with Gasteiger partial charge in [0.2, 0.25) is 0 Å². The third-order valence-electron chi connectivity index (χ3n) is 4.66. The van der Waals surface area contributed by atoms with Crippen molar-refractivity contribution in [3.63, 3.8) is 0 Å². The van der Waals surface area contributed by atoms with E-state index in [1.165, 1.54) is 0 Å². The monoisotopic (exact) mass is 433 g/mol. The molecule has 0 saturated heterocycles. The molecule has 1 unspecified atom stereocenters. The Kier molecular flexibility index (Phi) is 6.68. The normalized spacial score (nSPS) is 13.4. The highest BCUT2D eigenvalue weighted by Crippen LogP contribution is 2.27. The molecule has 0 heterocycles. The fourth-order valence-electron chi connectivity index (χ4n) is 3.46. The number of esters is 2. The van der Waals surface area contributed by atoms with Crippen molar-refractivity contribution in [3.8, 4) is 0 Å². The van der Waals surface area contributed by atoms with Crippen LogP contribution in [0, 0.1) is 0 Å². The Morgan fingerprint density at radius 1 is 0.844 bits per heavy atom. The Balaban J connectivity index is 2.03. The molecule has 5 heteroatoms. The Bertz CT molecular complexity index is 1110. The van der Waals surface area contributed by atoms with Crippen molar-refractivity contribution in [2.24, 2.45) is 4.99 Å². The lowest BCUT2D eigenvalue weighted by Gasteiger charge is -2.24. The third kappa shape index (κ3) is 6.16. The zero-order valence-corrected chi connectivity index (χ0v) is 19.6. The first-order valence-corrected chi connectivity index (χ1v) is 10.8. The van der Waals surface area contributed by atoms with Crippen molar-refractivity contribution >= 4 is 39.7 Å². The Labute approximate surface area is 189 Å². The van der Waals surface area contributed by atoms with Crippen LogP contribution in [0.15, 0.2) is 59.6 Å². The van der Waals surface area contributed by atoms with E-state index >= 15 is 0 Å². The Morgan fingerprint density at radius 2 is 1.34 bits per heavy atom. The van der Waals surface area contributed by atoms with Gasteiger partial charge in [0.25, 0.3) is 0 Å². The third-order valence-corrected chi connectivity index (χ3v) is 4.66. The van der Waals surface area contributed by atoms with Crippen molar-refractivity contribution in [1.82, 2.24) is 0 Å². The number of fused-ring (bicyclic) bond motifs is 2. The molecule has 0 aliphatic heterocycles. The molecule has 0 spiro atoms. The number of aliphatic imine (C=N–C) groups is 1. The van der Waals surface area contributed by atoms with Crippen molar-refractivity contribution < 1.29 is 19.1 Å². The lowest BCUT2D eigenvalue weighted by molar-refractivity contribution is -0.163. The van der Waals surface area contributed by atoms with Gasteiger partial charge in [0, 0.05) is 11.8 Å². The van der Waals surface area contributed by atoms with E-state index in [2.05, 4.69) is 11.1 Å². The summed E-state index contributed by atoms with van der Waals surface area (Å²) in [5.74, 6) is -1.04. The van der Waals surface area contributed by atoms with Crippen molar-refractivity contribution in [1.29, 1.82) is 0 Å². The van der Waals surface area contributed by atoms with E-state index in [4.69, 9.17) is 9.47 Å². The second-order valence-corrected chi connectivity index (χ2v) is 9.85. The van der Waals surface area contributed by atoms with Gasteiger partial charge >= 0.3 is 11.9 Å². The molecular weight excluding hydrogens is 402 g/mol. The van der Waals surface area contributed by atoms with E-state index in [0.717, 1.165) is 27.1 Å². The first-order chi connectivity index (χ1) is 14.9. The minimum Gasteiger partial charge on any atom is -0.460 e. The molecule has 1 atom stereocenters. The van der Waals surface area contributed by atoms with Gasteiger partial charge < -0.3 is 9.47 Å². The Hall–Kier alpha value is -3.21. The fraction of sp³-hybridized carbons (Fsp3) is 0.370. The molecule has 0 radical (unpaired) electrons. The molecule has 5 nitrogen and oxygen atoms in total. The second-order valence-electron chi connectivity index (χ2n) is 9.85. The van der Waals surface area contributed by atoms with Crippen molar-refractivity contribution in [3.05, 3.63) is 60.2 Å². The van der Waals surface area contributed by atoms with Crippen molar-refractivity contribution in [2.45, 2.75) is 65.2 Å². The predicted molar refractivity (Wildman–Crippen MR) is 129 cm³/mol. The molecule has 168 valence electrons. The van der Waals surface area contributed by atoms with Gasteiger partial charge in [0.15, 0.2) is 6.04 Å². The molecule has 0 fully saturated rings. The van der Waals surface area contributed by atoms with E-state index in [-0.39, 0.29) is 6.42 Å². The molecular formula is C27H31NO4. The number of hydrogen-bond donors (Lipinski definition) is 0. The quantitative estimate of drug-likeness (QED) is 0.287. The minimum absolute atomic E-state index is 0.189. The summed E-state index contributed by atoms with van der Waals surface area (Å²) in [6, 6.07) is 17.2. The molecule has 32 heavy (non-hydrogen) atoms. The highest BCUT2D eigenvalue weighted by atomic mass is 16.6. The summed E-state index contributed by atoms with van der Waals surface area (Å²) in [6.45, 7) is 10.7. The largest absolute Gasteiger partial charge is 0.460 e. The maximum absolute atomic E-state index is 12.9. The van der Waals surface area contributed by atoms with Gasteiger partial charge in [0.1, 0.15) is 11.2 Å². The van der Waals surface area contributed by atoms with Gasteiger partial charge in [-0.05, 0) is 69.2 Å². The highest BCUT2D eigenvalue weighted by molar-refractivity contribution is 6.13. The summed E-state index contributed by atoms with van der Waals surface area (Å²) >= 11 is 0. The standard InChI is InChI=1S/C27H31NO4/c1-26(2,3)31-24(29)16-23(25(30)32-27(4,5)6)28-17-22-20-13-9-7-11-18(20)15-19-12-8-10-14-21(19)22/h7-15,17,23H,16H2,1-6H3. The van der Waals surface area contributed by atoms with Crippen LogP contribution in [0.5, 0.6) is 0 Å². The smallest absolute Gasteiger partial charge is 0.331 e. The molecule has 0 N–H and O–H groups in total. The zero-order valence-electron chi connectivity index (χ0n) is 19.6. The number of carbonyl (C=O) groups is 2. The van der Waals surface area contributed by atoms with Crippen LogP contribution in [0.1, 0.15) is 53.5 Å². The van der Waals surface area contributed by atoms with Crippen LogP contribution < -0.4 is 0 Å². The average Bonchev–Trinajstić information content (AvgIpc) is 2.67. The van der Waals surface area contributed by atoms with E-state index in [1.54, 1.807) is 47.8 Å². The highest BCUT2D eigenvalue weighted by Gasteiger charge is 2.29. The molecule has 0 bridgehead atoms. The summed E-state index contributed by atoms with van der Waals surface area (Å²) < 4.78 is 11.0. The van der Waals surface area contributed by atoms with E-state index in [9.17, 15) is 9.59 Å². The van der Waals surface area contributed by atoms with Crippen LogP contribution in [0.4, 0.5) is 0 Å². The van der Waals surface area contributed by atoms with Gasteiger partial charge in [-0.2, -0.15) is 0 Å². The van der Waals surface area contributed by atoms with Gasteiger partial charge in [0.05, 0.1) is 6.42 Å². The SMILES string of the molecule is CC(C)(C)OC(=O)CC(N=Cc1c2ccccc2cc2ccccc12)C(=O)OC(C)(C)C. The summed E-state index contributed by atoms with van der Waals surface area (Å²) in [5, 5.41) is 4.20. The number of rotatable bonds is 5. The topological polar surface area (TPSA) is 65.0 Å². The Morgan fingerprint density at radius 3 is 1.84 bits per heavy atom. The minimum atomic E-state index is -0.998.